The van der Waals surface area contributed by atoms with E-state index < -0.39 is 0 Å². The number of hydrogen-bond donors (Lipinski definition) is 1. The minimum Gasteiger partial charge on any atom is -0.381 e. The molecule has 0 radical (unpaired) electrons. The van der Waals surface area contributed by atoms with Gasteiger partial charge in [-0.3, -0.25) is 19.5 Å². The van der Waals surface area contributed by atoms with E-state index in [0.717, 1.165) is 13.2 Å². The lowest BCUT2D eigenvalue weighted by atomic mass is 10.0. The molecule has 1 saturated carbocycles. The van der Waals surface area contributed by atoms with E-state index >= 15 is 0 Å². The van der Waals surface area contributed by atoms with E-state index in [-0.39, 0.29) is 28.9 Å². The van der Waals surface area contributed by atoms with E-state index in [1.165, 1.54) is 6.07 Å². The Morgan fingerprint density at radius 1 is 1.12 bits per heavy atom. The first-order chi connectivity index (χ1) is 12.5. The number of amides is 2. The van der Waals surface area contributed by atoms with E-state index in [1.807, 2.05) is 4.90 Å². The second-order valence-electron chi connectivity index (χ2n) is 8.13. The van der Waals surface area contributed by atoms with E-state index in [0.29, 0.717) is 55.5 Å². The summed E-state index contributed by atoms with van der Waals surface area (Å²) in [5, 5.41) is 6.61. The van der Waals surface area contributed by atoms with E-state index in [2.05, 4.69) is 10.2 Å². The van der Waals surface area contributed by atoms with Gasteiger partial charge in [0.15, 0.2) is 5.69 Å². The first-order valence-corrected chi connectivity index (χ1v) is 9.25. The lowest BCUT2D eigenvalue weighted by molar-refractivity contribution is -0.133. The minimum absolute atomic E-state index is 0.0469. The third-order valence-corrected chi connectivity index (χ3v) is 6.45. The van der Waals surface area contributed by atoms with Crippen molar-refractivity contribution in [2.24, 2.45) is 29.6 Å². The van der Waals surface area contributed by atoms with Crippen molar-refractivity contribution in [3.8, 4) is 0 Å². The molecule has 1 unspecified atom stereocenters. The van der Waals surface area contributed by atoms with Crippen LogP contribution >= 0.6 is 0 Å². The van der Waals surface area contributed by atoms with E-state index in [4.69, 9.17) is 4.74 Å². The van der Waals surface area contributed by atoms with Gasteiger partial charge in [-0.05, 0) is 18.8 Å². The summed E-state index contributed by atoms with van der Waals surface area (Å²) in [6.07, 6.45) is 0. The molecule has 26 heavy (non-hydrogen) atoms. The number of H-pyrrole nitrogens is 1. The van der Waals surface area contributed by atoms with Gasteiger partial charge in [-0.1, -0.05) is 0 Å². The number of likely N-dealkylation sites (tertiary alicyclic amines) is 2. The fraction of sp³-hybridized carbons (Fsp3) is 0.667. The highest BCUT2D eigenvalue weighted by molar-refractivity contribution is 5.92. The van der Waals surface area contributed by atoms with Crippen LogP contribution in [0.1, 0.15) is 16.2 Å². The average molecular weight is 358 g/mol. The molecule has 5 rings (SSSR count). The zero-order chi connectivity index (χ0) is 18.0. The molecule has 5 atom stereocenters. The van der Waals surface area contributed by atoms with Gasteiger partial charge < -0.3 is 14.5 Å². The molecular formula is C18H22N4O4. The van der Waals surface area contributed by atoms with Crippen LogP contribution in [-0.4, -0.2) is 71.2 Å². The van der Waals surface area contributed by atoms with Crippen molar-refractivity contribution in [3.63, 3.8) is 0 Å². The van der Waals surface area contributed by atoms with Crippen molar-refractivity contribution in [3.05, 3.63) is 27.7 Å². The number of aromatic nitrogens is 2. The van der Waals surface area contributed by atoms with Gasteiger partial charge >= 0.3 is 0 Å². The molecule has 0 aromatic carbocycles. The van der Waals surface area contributed by atoms with Crippen LogP contribution in [0.15, 0.2) is 10.9 Å². The molecule has 0 spiro atoms. The number of ether oxygens (including phenoxy) is 1. The Hall–Kier alpha value is -2.22. The van der Waals surface area contributed by atoms with Gasteiger partial charge in [-0.2, -0.15) is 5.10 Å². The van der Waals surface area contributed by atoms with Gasteiger partial charge in [0.25, 0.3) is 5.91 Å². The Morgan fingerprint density at radius 3 is 2.35 bits per heavy atom. The second kappa shape index (κ2) is 5.64. The summed E-state index contributed by atoms with van der Waals surface area (Å²) in [6, 6.07) is 1.40. The third-order valence-electron chi connectivity index (χ3n) is 6.45. The number of nitrogens with zero attached hydrogens (tertiary/aromatic N) is 3. The Labute approximate surface area is 150 Å². The summed E-state index contributed by atoms with van der Waals surface area (Å²) >= 11 is 0. The number of fused-ring (bicyclic) bond motifs is 2. The molecule has 1 aromatic heterocycles. The first-order valence-electron chi connectivity index (χ1n) is 9.25. The molecule has 0 bridgehead atoms. The molecule has 8 heteroatoms. The average Bonchev–Trinajstić information content (AvgIpc) is 3.01. The van der Waals surface area contributed by atoms with Crippen molar-refractivity contribution >= 4 is 11.8 Å². The second-order valence-corrected chi connectivity index (χ2v) is 8.13. The molecule has 2 amide bonds. The number of nitrogens with one attached hydrogen (secondary N) is 1. The van der Waals surface area contributed by atoms with Crippen LogP contribution in [0.2, 0.25) is 0 Å². The predicted molar refractivity (Wildman–Crippen MR) is 90.3 cm³/mol. The maximum Gasteiger partial charge on any atom is 0.278 e. The summed E-state index contributed by atoms with van der Waals surface area (Å²) in [5.41, 5.74) is 0.242. The SMILES string of the molecule is Cc1cc(=O)c(C(=O)N2C[C@@H]3CN(C(=O)C4[C@H]5COC[C@@H]45)C[C@@H]3C2)n[nH]1. The number of aryl methyl sites for hydroxylation is 1. The highest BCUT2D eigenvalue weighted by atomic mass is 16.5. The third kappa shape index (κ3) is 2.39. The summed E-state index contributed by atoms with van der Waals surface area (Å²) in [4.78, 5) is 41.0. The lowest BCUT2D eigenvalue weighted by Gasteiger charge is -2.22. The highest BCUT2D eigenvalue weighted by Crippen LogP contribution is 2.52. The Bertz CT molecular complexity index is 813. The summed E-state index contributed by atoms with van der Waals surface area (Å²) in [7, 11) is 0. The molecule has 4 fully saturated rings. The van der Waals surface area contributed by atoms with Crippen molar-refractivity contribution in [2.45, 2.75) is 6.92 Å². The monoisotopic (exact) mass is 358 g/mol. The molecular weight excluding hydrogens is 336 g/mol. The fourth-order valence-corrected chi connectivity index (χ4v) is 4.96. The largest absolute Gasteiger partial charge is 0.381 e. The number of hydrogen-bond acceptors (Lipinski definition) is 5. The van der Waals surface area contributed by atoms with Gasteiger partial charge in [0, 0.05) is 55.7 Å². The van der Waals surface area contributed by atoms with Crippen molar-refractivity contribution in [2.75, 3.05) is 39.4 Å². The molecule has 4 heterocycles. The first kappa shape index (κ1) is 16.0. The van der Waals surface area contributed by atoms with Crippen LogP contribution in [0.3, 0.4) is 0 Å². The maximum atomic E-state index is 12.7. The Balaban J connectivity index is 1.22. The number of rotatable bonds is 2. The molecule has 1 aromatic rings. The number of carbonyl (C=O) groups is 2. The molecule has 8 nitrogen and oxygen atoms in total. The standard InChI is InChI=1S/C18H22N4O4/c1-9-2-14(23)16(20-19-9)18(25)22-5-10-3-21(4-11(10)6-22)17(24)15-12-7-26-8-13(12)15/h2,10-13,15H,3-8H2,1H3,(H,19,23)/t10-,11+,12-,13+,15?. The smallest absolute Gasteiger partial charge is 0.278 e. The lowest BCUT2D eigenvalue weighted by Crippen LogP contribution is -2.38. The van der Waals surface area contributed by atoms with Crippen LogP contribution in [0, 0.1) is 36.5 Å². The summed E-state index contributed by atoms with van der Waals surface area (Å²) < 4.78 is 5.37. The maximum absolute atomic E-state index is 12.7. The summed E-state index contributed by atoms with van der Waals surface area (Å²) in [6.45, 7) is 5.77. The van der Waals surface area contributed by atoms with Crippen molar-refractivity contribution in [1.82, 2.24) is 20.0 Å². The van der Waals surface area contributed by atoms with Gasteiger partial charge in [0.1, 0.15) is 0 Å². The predicted octanol–water partition coefficient (Wildman–Crippen LogP) is -0.499. The Kier molecular flexibility index (Phi) is 3.47. The molecule has 4 aliphatic rings. The Morgan fingerprint density at radius 2 is 1.73 bits per heavy atom. The van der Waals surface area contributed by atoms with Gasteiger partial charge in [-0.15, -0.1) is 0 Å². The van der Waals surface area contributed by atoms with E-state index in [9.17, 15) is 14.4 Å². The molecule has 138 valence electrons. The number of carbonyl (C=O) groups excluding carboxylic acids is 2. The zero-order valence-corrected chi connectivity index (χ0v) is 14.7. The van der Waals surface area contributed by atoms with E-state index in [1.54, 1.807) is 11.8 Å². The van der Waals surface area contributed by atoms with Crippen LogP contribution in [0.5, 0.6) is 0 Å². The van der Waals surface area contributed by atoms with Gasteiger partial charge in [0.2, 0.25) is 11.3 Å². The van der Waals surface area contributed by atoms with Gasteiger partial charge in [0.05, 0.1) is 13.2 Å². The van der Waals surface area contributed by atoms with Crippen LogP contribution in [0.25, 0.3) is 0 Å². The highest BCUT2D eigenvalue weighted by Gasteiger charge is 2.60. The quantitative estimate of drug-likeness (QED) is 0.769. The van der Waals surface area contributed by atoms with Crippen LogP contribution in [-0.2, 0) is 9.53 Å². The van der Waals surface area contributed by atoms with Crippen LogP contribution < -0.4 is 5.43 Å². The topological polar surface area (TPSA) is 95.6 Å². The summed E-state index contributed by atoms with van der Waals surface area (Å²) in [5.74, 6) is 1.57. The normalized spacial score (nSPS) is 34.7. The number of aromatic amines is 1. The van der Waals surface area contributed by atoms with Crippen LogP contribution in [0.4, 0.5) is 0 Å². The molecule has 3 saturated heterocycles. The molecule has 3 aliphatic heterocycles. The fourth-order valence-electron chi connectivity index (χ4n) is 4.96. The van der Waals surface area contributed by atoms with Crippen molar-refractivity contribution in [1.29, 1.82) is 0 Å². The molecule has 1 N–H and O–H groups in total. The van der Waals surface area contributed by atoms with Crippen molar-refractivity contribution < 1.29 is 14.3 Å². The van der Waals surface area contributed by atoms with Gasteiger partial charge in [-0.25, -0.2) is 0 Å². The zero-order valence-electron chi connectivity index (χ0n) is 14.7. The minimum atomic E-state index is -0.345. The molecule has 1 aliphatic carbocycles.